The van der Waals surface area contributed by atoms with Gasteiger partial charge >= 0.3 is 0 Å². The Balaban J connectivity index is 1.39. The fourth-order valence-corrected chi connectivity index (χ4v) is 3.87. The maximum Gasteiger partial charge on any atom is 0.247 e. The van der Waals surface area contributed by atoms with E-state index in [2.05, 4.69) is 61.3 Å². The maximum absolute atomic E-state index is 11.6. The molecule has 4 aromatic rings. The van der Waals surface area contributed by atoms with Crippen molar-refractivity contribution in [3.63, 3.8) is 0 Å². The van der Waals surface area contributed by atoms with Crippen molar-refractivity contribution < 1.29 is 9.53 Å². The molecule has 0 saturated carbocycles. The molecule has 0 bridgehead atoms. The number of anilines is 2. The third kappa shape index (κ3) is 4.56. The first kappa shape index (κ1) is 20.7. The van der Waals surface area contributed by atoms with E-state index in [0.717, 1.165) is 42.8 Å². The van der Waals surface area contributed by atoms with Crippen LogP contribution < -0.4 is 20.3 Å². The predicted molar refractivity (Wildman–Crippen MR) is 130 cm³/mol. The lowest BCUT2D eigenvalue weighted by Crippen LogP contribution is -2.43. The molecule has 3 heterocycles. The van der Waals surface area contributed by atoms with E-state index in [1.165, 1.54) is 18.1 Å². The number of carbonyl (C=O) groups excluding carboxylic acids is 1. The standard InChI is InChI=1S/C25H24N6O2/c1-2-23(32)29-18-4-3-5-20(14-18)33-25-21-15-22(30-24(21)27-16-28-25)17-6-8-19(9-7-17)31-12-10-26-11-13-31/h2-9,14-16,26H,1,10-13H2,(H,29,32)(H,27,28,30). The minimum atomic E-state index is -0.283. The number of piperazine rings is 1. The number of rotatable bonds is 6. The quantitative estimate of drug-likeness (QED) is 0.393. The van der Waals surface area contributed by atoms with Gasteiger partial charge in [0.05, 0.1) is 5.39 Å². The molecule has 1 saturated heterocycles. The zero-order valence-corrected chi connectivity index (χ0v) is 18.0. The summed E-state index contributed by atoms with van der Waals surface area (Å²) in [6, 6.07) is 17.6. The van der Waals surface area contributed by atoms with E-state index >= 15 is 0 Å². The summed E-state index contributed by atoms with van der Waals surface area (Å²) in [6.45, 7) is 7.51. The van der Waals surface area contributed by atoms with Gasteiger partial charge < -0.3 is 25.3 Å². The Morgan fingerprint density at radius 1 is 1.09 bits per heavy atom. The first-order chi connectivity index (χ1) is 16.2. The number of carbonyl (C=O) groups is 1. The van der Waals surface area contributed by atoms with Gasteiger partial charge in [-0.15, -0.1) is 0 Å². The van der Waals surface area contributed by atoms with Crippen LogP contribution in [0.15, 0.2) is 73.6 Å². The van der Waals surface area contributed by atoms with Crippen LogP contribution in [0.5, 0.6) is 11.6 Å². The highest BCUT2D eigenvalue weighted by Crippen LogP contribution is 2.32. The van der Waals surface area contributed by atoms with Crippen molar-refractivity contribution in [1.82, 2.24) is 20.3 Å². The average Bonchev–Trinajstić information content (AvgIpc) is 3.30. The van der Waals surface area contributed by atoms with Gasteiger partial charge in [-0.3, -0.25) is 4.79 Å². The fraction of sp³-hybridized carbons (Fsp3) is 0.160. The molecule has 1 aliphatic heterocycles. The molecule has 33 heavy (non-hydrogen) atoms. The van der Waals surface area contributed by atoms with Gasteiger partial charge in [0.2, 0.25) is 11.8 Å². The van der Waals surface area contributed by atoms with Gasteiger partial charge in [0.25, 0.3) is 0 Å². The molecule has 166 valence electrons. The third-order valence-corrected chi connectivity index (χ3v) is 5.55. The van der Waals surface area contributed by atoms with E-state index in [-0.39, 0.29) is 5.91 Å². The van der Waals surface area contributed by atoms with Crippen LogP contribution in [0, 0.1) is 0 Å². The molecule has 0 aliphatic carbocycles. The number of nitrogens with one attached hydrogen (secondary N) is 3. The van der Waals surface area contributed by atoms with E-state index in [1.54, 1.807) is 24.3 Å². The lowest BCUT2D eigenvalue weighted by Gasteiger charge is -2.29. The Kier molecular flexibility index (Phi) is 5.73. The topological polar surface area (TPSA) is 95.2 Å². The molecular formula is C25H24N6O2. The summed E-state index contributed by atoms with van der Waals surface area (Å²) < 4.78 is 6.03. The van der Waals surface area contributed by atoms with Crippen LogP contribution in [0.3, 0.4) is 0 Å². The van der Waals surface area contributed by atoms with Gasteiger partial charge in [-0.05, 0) is 42.0 Å². The number of amides is 1. The first-order valence-corrected chi connectivity index (χ1v) is 10.8. The molecule has 0 atom stereocenters. The molecular weight excluding hydrogens is 416 g/mol. The second kappa shape index (κ2) is 9.13. The smallest absolute Gasteiger partial charge is 0.247 e. The monoisotopic (exact) mass is 440 g/mol. The highest BCUT2D eigenvalue weighted by atomic mass is 16.5. The van der Waals surface area contributed by atoms with Gasteiger partial charge in [0.1, 0.15) is 17.7 Å². The van der Waals surface area contributed by atoms with Crippen molar-refractivity contribution in [2.75, 3.05) is 36.4 Å². The number of nitrogens with zero attached hydrogens (tertiary/aromatic N) is 3. The molecule has 1 aliphatic rings. The van der Waals surface area contributed by atoms with Gasteiger partial charge in [-0.2, -0.15) is 0 Å². The van der Waals surface area contributed by atoms with E-state index in [9.17, 15) is 4.79 Å². The van der Waals surface area contributed by atoms with Crippen molar-refractivity contribution in [3.8, 4) is 22.9 Å². The summed E-state index contributed by atoms with van der Waals surface area (Å²) in [5.74, 6) is 0.710. The number of hydrogen-bond donors (Lipinski definition) is 3. The Hall–Kier alpha value is -4.17. The molecule has 8 nitrogen and oxygen atoms in total. The van der Waals surface area contributed by atoms with Crippen LogP contribution >= 0.6 is 0 Å². The third-order valence-electron chi connectivity index (χ3n) is 5.55. The molecule has 0 unspecified atom stereocenters. The second-order valence-corrected chi connectivity index (χ2v) is 7.73. The van der Waals surface area contributed by atoms with Crippen LogP contribution in [-0.2, 0) is 4.79 Å². The molecule has 0 spiro atoms. The maximum atomic E-state index is 11.6. The molecule has 8 heteroatoms. The van der Waals surface area contributed by atoms with Crippen molar-refractivity contribution in [3.05, 3.63) is 73.6 Å². The van der Waals surface area contributed by atoms with Crippen LogP contribution in [0.4, 0.5) is 11.4 Å². The Labute approximate surface area is 191 Å². The lowest BCUT2D eigenvalue weighted by molar-refractivity contribution is -0.111. The number of hydrogen-bond acceptors (Lipinski definition) is 6. The number of aromatic nitrogens is 3. The molecule has 5 rings (SSSR count). The summed E-state index contributed by atoms with van der Waals surface area (Å²) in [6.07, 6.45) is 2.69. The summed E-state index contributed by atoms with van der Waals surface area (Å²) in [5.41, 5.74) is 4.53. The van der Waals surface area contributed by atoms with Gasteiger partial charge in [0, 0.05) is 49.3 Å². The van der Waals surface area contributed by atoms with Gasteiger partial charge in [-0.1, -0.05) is 24.8 Å². The Morgan fingerprint density at radius 2 is 1.91 bits per heavy atom. The van der Waals surface area contributed by atoms with Crippen molar-refractivity contribution >= 4 is 28.3 Å². The molecule has 1 amide bonds. The summed E-state index contributed by atoms with van der Waals surface area (Å²) in [7, 11) is 0. The summed E-state index contributed by atoms with van der Waals surface area (Å²) in [4.78, 5) is 26.0. The number of H-pyrrole nitrogens is 1. The normalized spacial score (nSPS) is 13.6. The van der Waals surface area contributed by atoms with Crippen LogP contribution in [-0.4, -0.2) is 47.0 Å². The van der Waals surface area contributed by atoms with Crippen LogP contribution in [0.2, 0.25) is 0 Å². The largest absolute Gasteiger partial charge is 0.438 e. The number of benzene rings is 2. The summed E-state index contributed by atoms with van der Waals surface area (Å²) in [5, 5.41) is 6.88. The molecule has 3 N–H and O–H groups in total. The van der Waals surface area contributed by atoms with E-state index < -0.39 is 0 Å². The molecule has 0 radical (unpaired) electrons. The number of ether oxygens (including phenoxy) is 1. The zero-order chi connectivity index (χ0) is 22.6. The number of aromatic amines is 1. The van der Waals surface area contributed by atoms with Crippen LogP contribution in [0.1, 0.15) is 0 Å². The SMILES string of the molecule is C=CC(=O)Nc1cccc(Oc2ncnc3[nH]c(-c4ccc(N5CCNCC5)cc4)cc23)c1. The van der Waals surface area contributed by atoms with E-state index in [1.807, 2.05) is 6.07 Å². The Bertz CT molecular complexity index is 1290. The van der Waals surface area contributed by atoms with Crippen molar-refractivity contribution in [2.24, 2.45) is 0 Å². The van der Waals surface area contributed by atoms with Gasteiger partial charge in [0.15, 0.2) is 0 Å². The first-order valence-electron chi connectivity index (χ1n) is 10.8. The molecule has 2 aromatic heterocycles. The van der Waals surface area contributed by atoms with Crippen LogP contribution in [0.25, 0.3) is 22.3 Å². The fourth-order valence-electron chi connectivity index (χ4n) is 3.87. The highest BCUT2D eigenvalue weighted by Gasteiger charge is 2.13. The predicted octanol–water partition coefficient (Wildman–Crippen LogP) is 3.95. The molecule has 2 aromatic carbocycles. The van der Waals surface area contributed by atoms with E-state index in [4.69, 9.17) is 4.74 Å². The summed E-state index contributed by atoms with van der Waals surface area (Å²) >= 11 is 0. The van der Waals surface area contributed by atoms with Crippen molar-refractivity contribution in [1.29, 1.82) is 0 Å². The lowest BCUT2D eigenvalue weighted by atomic mass is 10.1. The minimum Gasteiger partial charge on any atom is -0.438 e. The minimum absolute atomic E-state index is 0.283. The Morgan fingerprint density at radius 3 is 2.70 bits per heavy atom. The number of fused-ring (bicyclic) bond motifs is 1. The second-order valence-electron chi connectivity index (χ2n) is 7.73. The van der Waals surface area contributed by atoms with Crippen molar-refractivity contribution in [2.45, 2.75) is 0 Å². The van der Waals surface area contributed by atoms with Gasteiger partial charge in [-0.25, -0.2) is 9.97 Å². The highest BCUT2D eigenvalue weighted by molar-refractivity contribution is 5.99. The molecule has 1 fully saturated rings. The van der Waals surface area contributed by atoms with E-state index in [0.29, 0.717) is 23.0 Å². The average molecular weight is 441 g/mol. The zero-order valence-electron chi connectivity index (χ0n) is 18.0.